The van der Waals surface area contributed by atoms with Crippen molar-refractivity contribution in [2.45, 2.75) is 4.90 Å². The van der Waals surface area contributed by atoms with Crippen molar-refractivity contribution < 1.29 is 23.1 Å². The Balaban J connectivity index is 2.41. The van der Waals surface area contributed by atoms with E-state index in [1.807, 2.05) is 0 Å². The second-order valence-corrected chi connectivity index (χ2v) is 6.00. The molecule has 0 aliphatic rings. The predicted molar refractivity (Wildman–Crippen MR) is 70.8 cm³/mol. The quantitative estimate of drug-likeness (QED) is 0.926. The van der Waals surface area contributed by atoms with Gasteiger partial charge in [-0.2, -0.15) is 0 Å². The fourth-order valence-electron chi connectivity index (χ4n) is 1.54. The van der Waals surface area contributed by atoms with Crippen molar-refractivity contribution in [3.05, 3.63) is 48.2 Å². The fraction of sp³-hybridized carbons (Fsp3) is 0.0769. The summed E-state index contributed by atoms with van der Waals surface area (Å²) < 4.78 is 28.6. The third-order valence-corrected chi connectivity index (χ3v) is 3.54. The van der Waals surface area contributed by atoms with E-state index in [-0.39, 0.29) is 22.1 Å². The molecule has 0 saturated carbocycles. The zero-order chi connectivity index (χ0) is 14.8. The molecule has 2 rings (SSSR count). The van der Waals surface area contributed by atoms with Crippen LogP contribution in [0.3, 0.4) is 0 Å². The summed E-state index contributed by atoms with van der Waals surface area (Å²) in [6.45, 7) is 0. The van der Waals surface area contributed by atoms with Crippen LogP contribution in [0, 0.1) is 0 Å². The summed E-state index contributed by atoms with van der Waals surface area (Å²) in [5, 5.41) is 8.89. The maximum Gasteiger partial charge on any atom is 0.335 e. The Bertz CT molecular complexity index is 755. The van der Waals surface area contributed by atoms with Gasteiger partial charge in [0, 0.05) is 12.5 Å². The van der Waals surface area contributed by atoms with E-state index in [2.05, 4.69) is 4.98 Å². The van der Waals surface area contributed by atoms with Crippen LogP contribution in [0.5, 0.6) is 11.6 Å². The number of carbonyl (C=O) groups is 1. The van der Waals surface area contributed by atoms with Gasteiger partial charge in [0.2, 0.25) is 5.88 Å². The average Bonchev–Trinajstić information content (AvgIpc) is 2.38. The Hall–Kier alpha value is -2.41. The summed E-state index contributed by atoms with van der Waals surface area (Å²) in [6.07, 6.45) is 2.44. The van der Waals surface area contributed by atoms with Crippen molar-refractivity contribution in [1.82, 2.24) is 4.98 Å². The van der Waals surface area contributed by atoms with Crippen LogP contribution < -0.4 is 4.74 Å². The van der Waals surface area contributed by atoms with Gasteiger partial charge >= 0.3 is 5.97 Å². The highest BCUT2D eigenvalue weighted by Gasteiger charge is 2.16. The molecule has 7 heteroatoms. The second-order valence-electron chi connectivity index (χ2n) is 4.01. The summed E-state index contributed by atoms with van der Waals surface area (Å²) in [4.78, 5) is 14.7. The molecule has 2 aromatic rings. The van der Waals surface area contributed by atoms with Crippen LogP contribution in [0.1, 0.15) is 10.4 Å². The van der Waals surface area contributed by atoms with Crippen molar-refractivity contribution in [2.75, 3.05) is 6.26 Å². The molecule has 1 aromatic heterocycles. The maximum atomic E-state index is 11.6. The lowest BCUT2D eigenvalue weighted by Crippen LogP contribution is -2.02. The number of ether oxygens (including phenoxy) is 1. The fourth-order valence-corrected chi connectivity index (χ4v) is 2.28. The van der Waals surface area contributed by atoms with E-state index in [1.165, 1.54) is 42.6 Å². The van der Waals surface area contributed by atoms with Crippen LogP contribution in [0.15, 0.2) is 47.5 Å². The van der Waals surface area contributed by atoms with Crippen molar-refractivity contribution in [1.29, 1.82) is 0 Å². The molecule has 1 heterocycles. The maximum absolute atomic E-state index is 11.6. The van der Waals surface area contributed by atoms with Crippen LogP contribution in [0.2, 0.25) is 0 Å². The normalized spacial score (nSPS) is 11.1. The molecular formula is C13H11NO5S. The number of carboxylic acids is 1. The smallest absolute Gasteiger partial charge is 0.335 e. The lowest BCUT2D eigenvalue weighted by Gasteiger charge is -2.08. The number of hydrogen-bond acceptors (Lipinski definition) is 5. The van der Waals surface area contributed by atoms with E-state index >= 15 is 0 Å². The van der Waals surface area contributed by atoms with Gasteiger partial charge in [0.1, 0.15) is 10.6 Å². The first-order valence-electron chi connectivity index (χ1n) is 5.54. The molecule has 1 N–H and O–H groups in total. The Morgan fingerprint density at radius 1 is 1.25 bits per heavy atom. The molecule has 0 fully saturated rings. The Morgan fingerprint density at radius 3 is 2.65 bits per heavy atom. The molecule has 0 aliphatic heterocycles. The van der Waals surface area contributed by atoms with Crippen LogP contribution in [-0.2, 0) is 9.84 Å². The molecule has 0 bridgehead atoms. The Morgan fingerprint density at radius 2 is 2.00 bits per heavy atom. The number of carboxylic acid groups (broad SMARTS) is 1. The first-order chi connectivity index (χ1) is 9.38. The van der Waals surface area contributed by atoms with Gasteiger partial charge in [0.25, 0.3) is 0 Å². The predicted octanol–water partition coefficient (Wildman–Crippen LogP) is 1.98. The van der Waals surface area contributed by atoms with Gasteiger partial charge in [-0.25, -0.2) is 18.2 Å². The number of rotatable bonds is 4. The summed E-state index contributed by atoms with van der Waals surface area (Å²) in [7, 11) is -3.48. The average molecular weight is 293 g/mol. The molecule has 104 valence electrons. The number of aromatic nitrogens is 1. The Kier molecular flexibility index (Phi) is 3.71. The molecule has 0 aliphatic carbocycles. The second kappa shape index (κ2) is 5.30. The van der Waals surface area contributed by atoms with E-state index in [4.69, 9.17) is 9.84 Å². The van der Waals surface area contributed by atoms with Crippen LogP contribution in [0.4, 0.5) is 0 Å². The van der Waals surface area contributed by atoms with E-state index < -0.39 is 15.8 Å². The number of benzene rings is 1. The highest BCUT2D eigenvalue weighted by Crippen LogP contribution is 2.26. The molecule has 0 spiro atoms. The molecule has 6 nitrogen and oxygen atoms in total. The number of hydrogen-bond donors (Lipinski definition) is 1. The minimum absolute atomic E-state index is 0.0411. The highest BCUT2D eigenvalue weighted by molar-refractivity contribution is 7.90. The largest absolute Gasteiger partial charge is 0.478 e. The van der Waals surface area contributed by atoms with Crippen LogP contribution in [-0.4, -0.2) is 30.7 Å². The minimum atomic E-state index is -3.48. The van der Waals surface area contributed by atoms with Gasteiger partial charge in [0.15, 0.2) is 9.84 Å². The third kappa shape index (κ3) is 3.12. The number of aromatic carboxylic acids is 1. The van der Waals surface area contributed by atoms with Gasteiger partial charge in [0.05, 0.1) is 5.56 Å². The molecule has 20 heavy (non-hydrogen) atoms. The summed E-state index contributed by atoms with van der Waals surface area (Å²) in [5.41, 5.74) is 0.0411. The number of nitrogens with zero attached hydrogens (tertiary/aromatic N) is 1. The first kappa shape index (κ1) is 14.0. The van der Waals surface area contributed by atoms with Gasteiger partial charge in [-0.3, -0.25) is 0 Å². The zero-order valence-electron chi connectivity index (χ0n) is 10.5. The highest BCUT2D eigenvalue weighted by atomic mass is 32.2. The third-order valence-electron chi connectivity index (χ3n) is 2.43. The number of sulfone groups is 1. The minimum Gasteiger partial charge on any atom is -0.478 e. The molecule has 0 unspecified atom stereocenters. The van der Waals surface area contributed by atoms with Crippen molar-refractivity contribution in [3.63, 3.8) is 0 Å². The molecule has 0 amide bonds. The molecular weight excluding hydrogens is 282 g/mol. The molecule has 0 atom stereocenters. The van der Waals surface area contributed by atoms with Gasteiger partial charge in [-0.1, -0.05) is 6.07 Å². The SMILES string of the molecule is CS(=O)(=O)c1cccnc1Oc1cccc(C(=O)O)c1. The molecule has 0 radical (unpaired) electrons. The van der Waals surface area contributed by atoms with Gasteiger partial charge in [-0.15, -0.1) is 0 Å². The standard InChI is InChI=1S/C13H11NO5S/c1-20(17,18)11-6-3-7-14-12(11)19-10-5-2-4-9(8-10)13(15)16/h2-8H,1H3,(H,15,16). The van der Waals surface area contributed by atoms with Crippen molar-refractivity contribution in [3.8, 4) is 11.6 Å². The number of pyridine rings is 1. The van der Waals surface area contributed by atoms with E-state index in [0.29, 0.717) is 0 Å². The van der Waals surface area contributed by atoms with Crippen molar-refractivity contribution in [2.24, 2.45) is 0 Å². The van der Waals surface area contributed by atoms with Gasteiger partial charge in [-0.05, 0) is 30.3 Å². The van der Waals surface area contributed by atoms with Crippen LogP contribution in [0.25, 0.3) is 0 Å². The van der Waals surface area contributed by atoms with E-state index in [1.54, 1.807) is 0 Å². The summed E-state index contributed by atoms with van der Waals surface area (Å²) >= 11 is 0. The Labute approximate surface area is 115 Å². The van der Waals surface area contributed by atoms with Crippen LogP contribution >= 0.6 is 0 Å². The van der Waals surface area contributed by atoms with E-state index in [9.17, 15) is 13.2 Å². The molecule has 0 saturated heterocycles. The zero-order valence-corrected chi connectivity index (χ0v) is 11.3. The lowest BCUT2D eigenvalue weighted by molar-refractivity contribution is 0.0696. The van der Waals surface area contributed by atoms with E-state index in [0.717, 1.165) is 6.26 Å². The lowest BCUT2D eigenvalue weighted by atomic mass is 10.2. The topological polar surface area (TPSA) is 93.6 Å². The monoisotopic (exact) mass is 293 g/mol. The van der Waals surface area contributed by atoms with Crippen molar-refractivity contribution >= 4 is 15.8 Å². The summed E-state index contributed by atoms with van der Waals surface area (Å²) in [6, 6.07) is 8.58. The molecule has 1 aromatic carbocycles. The summed E-state index contributed by atoms with van der Waals surface area (Å²) in [5.74, 6) is -0.981. The first-order valence-corrected chi connectivity index (χ1v) is 7.43. The van der Waals surface area contributed by atoms with Gasteiger partial charge < -0.3 is 9.84 Å².